The number of carbonyl (C=O) groups is 2. The minimum Gasteiger partial charge on any atom is -0.465 e. The molecule has 0 aliphatic rings. The molecule has 0 aromatic rings. The van der Waals surface area contributed by atoms with E-state index in [1.54, 1.807) is 0 Å². The molecule has 0 amide bonds. The molecule has 39 heavy (non-hydrogen) atoms. The van der Waals surface area contributed by atoms with E-state index in [2.05, 4.69) is 27.7 Å². The van der Waals surface area contributed by atoms with Crippen molar-refractivity contribution >= 4 is 11.9 Å². The summed E-state index contributed by atoms with van der Waals surface area (Å²) in [5, 5.41) is 0. The van der Waals surface area contributed by atoms with Crippen molar-refractivity contribution in [2.45, 2.75) is 182 Å². The first kappa shape index (κ1) is 37.9. The van der Waals surface area contributed by atoms with Gasteiger partial charge in [0.05, 0.1) is 19.1 Å². The Morgan fingerprint density at radius 3 is 1.36 bits per heavy atom. The maximum atomic E-state index is 12.3. The van der Waals surface area contributed by atoms with Gasteiger partial charge in [0.15, 0.2) is 0 Å². The molecule has 0 fully saturated rings. The molecule has 0 saturated heterocycles. The van der Waals surface area contributed by atoms with Crippen LogP contribution in [0.15, 0.2) is 0 Å². The summed E-state index contributed by atoms with van der Waals surface area (Å²) in [5.41, 5.74) is 0. The van der Waals surface area contributed by atoms with E-state index in [1.807, 2.05) is 6.92 Å². The van der Waals surface area contributed by atoms with Crippen LogP contribution in [0.2, 0.25) is 0 Å². The maximum absolute atomic E-state index is 12.3. The topological polar surface area (TPSA) is 52.6 Å². The van der Waals surface area contributed by atoms with E-state index < -0.39 is 0 Å². The van der Waals surface area contributed by atoms with Gasteiger partial charge in [-0.25, -0.2) is 0 Å². The lowest BCUT2D eigenvalue weighted by atomic mass is 9.99. The van der Waals surface area contributed by atoms with Crippen LogP contribution in [0.5, 0.6) is 0 Å². The highest BCUT2D eigenvalue weighted by molar-refractivity contribution is 5.71. The fourth-order valence-corrected chi connectivity index (χ4v) is 5.20. The molecular weight excluding hydrogens is 484 g/mol. The molecule has 0 rings (SSSR count). The van der Waals surface area contributed by atoms with Gasteiger partial charge in [0.25, 0.3) is 0 Å². The van der Waals surface area contributed by atoms with Crippen molar-refractivity contribution < 1.29 is 19.1 Å². The fourth-order valence-electron chi connectivity index (χ4n) is 5.20. The van der Waals surface area contributed by atoms with E-state index >= 15 is 0 Å². The summed E-state index contributed by atoms with van der Waals surface area (Å²) >= 11 is 0. The summed E-state index contributed by atoms with van der Waals surface area (Å²) in [5.74, 6) is 1.11. The highest BCUT2D eigenvalue weighted by atomic mass is 16.5. The van der Waals surface area contributed by atoms with Crippen LogP contribution >= 0.6 is 0 Å². The van der Waals surface area contributed by atoms with E-state index in [0.717, 1.165) is 38.5 Å². The van der Waals surface area contributed by atoms with Gasteiger partial charge in [-0.3, -0.25) is 9.59 Å². The summed E-state index contributed by atoms with van der Waals surface area (Å²) in [4.78, 5) is 24.2. The SMILES string of the molecule is CCCCC(CC)COC(=O)CCCCCCCCCCCCCCCC(C)C(=O)OCC(CC)CCCC. The van der Waals surface area contributed by atoms with E-state index in [-0.39, 0.29) is 17.9 Å². The molecule has 0 aromatic heterocycles. The standard InChI is InChI=1S/C35H68O4/c1-6-10-26-32(8-3)29-38-34(36)28-24-22-20-18-16-14-12-13-15-17-19-21-23-25-31(5)35(37)39-30-33(9-4)27-11-7-2/h31-33H,6-30H2,1-5H3. The molecule has 232 valence electrons. The van der Waals surface area contributed by atoms with E-state index in [1.165, 1.54) is 103 Å². The number of esters is 2. The van der Waals surface area contributed by atoms with Crippen LogP contribution in [0.3, 0.4) is 0 Å². The molecule has 0 radical (unpaired) electrons. The molecule has 0 heterocycles. The first-order valence-corrected chi connectivity index (χ1v) is 17.3. The third kappa shape index (κ3) is 24.5. The fraction of sp³-hybridized carbons (Fsp3) is 0.943. The molecule has 0 saturated carbocycles. The number of ether oxygens (including phenoxy) is 2. The molecule has 0 aromatic carbocycles. The molecule has 0 spiro atoms. The lowest BCUT2D eigenvalue weighted by Gasteiger charge is -2.17. The molecule has 0 N–H and O–H groups in total. The molecule has 4 heteroatoms. The number of hydrogen-bond donors (Lipinski definition) is 0. The lowest BCUT2D eigenvalue weighted by molar-refractivity contribution is -0.149. The number of carbonyl (C=O) groups excluding carboxylic acids is 2. The predicted octanol–water partition coefficient (Wildman–Crippen LogP) is 11.0. The maximum Gasteiger partial charge on any atom is 0.308 e. The lowest BCUT2D eigenvalue weighted by Crippen LogP contribution is -2.19. The number of rotatable bonds is 29. The van der Waals surface area contributed by atoms with Crippen LogP contribution in [-0.2, 0) is 19.1 Å². The van der Waals surface area contributed by atoms with Crippen molar-refractivity contribution in [3.63, 3.8) is 0 Å². The van der Waals surface area contributed by atoms with Gasteiger partial charge < -0.3 is 9.47 Å². The van der Waals surface area contributed by atoms with Crippen molar-refractivity contribution in [1.29, 1.82) is 0 Å². The van der Waals surface area contributed by atoms with Gasteiger partial charge in [0.1, 0.15) is 0 Å². The summed E-state index contributed by atoms with van der Waals surface area (Å²) in [7, 11) is 0. The van der Waals surface area contributed by atoms with Gasteiger partial charge >= 0.3 is 11.9 Å². The van der Waals surface area contributed by atoms with Crippen molar-refractivity contribution in [1.82, 2.24) is 0 Å². The minimum absolute atomic E-state index is 0.000214. The van der Waals surface area contributed by atoms with Crippen molar-refractivity contribution in [2.24, 2.45) is 17.8 Å². The molecule has 4 nitrogen and oxygen atoms in total. The Hall–Kier alpha value is -1.06. The zero-order chi connectivity index (χ0) is 29.0. The molecule has 0 bridgehead atoms. The third-order valence-electron chi connectivity index (χ3n) is 8.45. The average Bonchev–Trinajstić information content (AvgIpc) is 2.94. The molecule has 0 aliphatic heterocycles. The summed E-state index contributed by atoms with van der Waals surface area (Å²) in [6, 6.07) is 0. The Labute approximate surface area is 244 Å². The Morgan fingerprint density at radius 1 is 0.513 bits per heavy atom. The zero-order valence-electron chi connectivity index (χ0n) is 27.0. The molecule has 3 unspecified atom stereocenters. The van der Waals surface area contributed by atoms with Crippen LogP contribution in [0.1, 0.15) is 182 Å². The van der Waals surface area contributed by atoms with Gasteiger partial charge in [0.2, 0.25) is 0 Å². The van der Waals surface area contributed by atoms with Crippen molar-refractivity contribution in [2.75, 3.05) is 13.2 Å². The second-order valence-electron chi connectivity index (χ2n) is 12.2. The first-order chi connectivity index (χ1) is 19.0. The quantitative estimate of drug-likeness (QED) is 0.0684. The monoisotopic (exact) mass is 553 g/mol. The van der Waals surface area contributed by atoms with E-state index in [9.17, 15) is 9.59 Å². The number of hydrogen-bond acceptors (Lipinski definition) is 4. The van der Waals surface area contributed by atoms with Crippen LogP contribution < -0.4 is 0 Å². The number of unbranched alkanes of at least 4 members (excludes halogenated alkanes) is 14. The Morgan fingerprint density at radius 2 is 0.923 bits per heavy atom. The second kappa shape index (κ2) is 28.5. The van der Waals surface area contributed by atoms with E-state index in [0.29, 0.717) is 31.5 Å². The van der Waals surface area contributed by atoms with Crippen LogP contribution in [0.25, 0.3) is 0 Å². The minimum atomic E-state index is 0.000214. The summed E-state index contributed by atoms with van der Waals surface area (Å²) in [6.07, 6.45) is 27.3. The van der Waals surface area contributed by atoms with Crippen LogP contribution in [0, 0.1) is 17.8 Å². The molecule has 0 aliphatic carbocycles. The van der Waals surface area contributed by atoms with Gasteiger partial charge in [-0.05, 0) is 37.5 Å². The van der Waals surface area contributed by atoms with Crippen LogP contribution in [0.4, 0.5) is 0 Å². The van der Waals surface area contributed by atoms with Crippen LogP contribution in [-0.4, -0.2) is 25.2 Å². The highest BCUT2D eigenvalue weighted by Gasteiger charge is 2.16. The molecular formula is C35H68O4. The Kier molecular flexibility index (Phi) is 27.7. The van der Waals surface area contributed by atoms with Crippen molar-refractivity contribution in [3.05, 3.63) is 0 Å². The predicted molar refractivity (Wildman–Crippen MR) is 167 cm³/mol. The van der Waals surface area contributed by atoms with Gasteiger partial charge in [0, 0.05) is 6.42 Å². The zero-order valence-corrected chi connectivity index (χ0v) is 27.0. The largest absolute Gasteiger partial charge is 0.465 e. The normalized spacial score (nSPS) is 13.7. The highest BCUT2D eigenvalue weighted by Crippen LogP contribution is 2.18. The Balaban J connectivity index is 3.47. The smallest absolute Gasteiger partial charge is 0.308 e. The summed E-state index contributed by atoms with van der Waals surface area (Å²) < 4.78 is 11.1. The summed E-state index contributed by atoms with van der Waals surface area (Å²) in [6.45, 7) is 12.1. The Bertz CT molecular complexity index is 547. The van der Waals surface area contributed by atoms with E-state index in [4.69, 9.17) is 9.47 Å². The van der Waals surface area contributed by atoms with Gasteiger partial charge in [-0.2, -0.15) is 0 Å². The average molecular weight is 553 g/mol. The van der Waals surface area contributed by atoms with Crippen molar-refractivity contribution in [3.8, 4) is 0 Å². The molecule has 3 atom stereocenters. The third-order valence-corrected chi connectivity index (χ3v) is 8.45. The first-order valence-electron chi connectivity index (χ1n) is 17.3. The van der Waals surface area contributed by atoms with Gasteiger partial charge in [-0.15, -0.1) is 0 Å². The van der Waals surface area contributed by atoms with Gasteiger partial charge in [-0.1, -0.05) is 150 Å². The second-order valence-corrected chi connectivity index (χ2v) is 12.2.